The molecular weight excluding hydrogens is 234 g/mol. The maximum absolute atomic E-state index is 14.1. The van der Waals surface area contributed by atoms with E-state index in [1.165, 1.54) is 12.1 Å². The van der Waals surface area contributed by atoms with Crippen LogP contribution in [0.15, 0.2) is 12.1 Å². The predicted molar refractivity (Wildman–Crippen MR) is 70.0 cm³/mol. The molecule has 0 aliphatic carbocycles. The van der Waals surface area contributed by atoms with Gasteiger partial charge in [0.25, 0.3) is 0 Å². The molecule has 0 radical (unpaired) electrons. The third kappa shape index (κ3) is 2.34. The van der Waals surface area contributed by atoms with Gasteiger partial charge in [-0.15, -0.1) is 0 Å². The molecule has 100 valence electrons. The molecule has 1 heterocycles. The van der Waals surface area contributed by atoms with Gasteiger partial charge in [-0.2, -0.15) is 0 Å². The number of aryl methyl sites for hydroxylation is 1. The summed E-state index contributed by atoms with van der Waals surface area (Å²) in [5, 5.41) is 3.41. The molecule has 0 bridgehead atoms. The second-order valence-corrected chi connectivity index (χ2v) is 5.29. The molecular formula is C14H20F2N2. The predicted octanol–water partition coefficient (Wildman–Crippen LogP) is 2.85. The van der Waals surface area contributed by atoms with Crippen molar-refractivity contribution in [1.82, 2.24) is 5.32 Å². The van der Waals surface area contributed by atoms with Gasteiger partial charge in [0.15, 0.2) is 5.82 Å². The van der Waals surface area contributed by atoms with Crippen LogP contribution in [-0.4, -0.2) is 25.2 Å². The van der Waals surface area contributed by atoms with E-state index in [9.17, 15) is 8.78 Å². The van der Waals surface area contributed by atoms with E-state index in [0.717, 1.165) is 13.0 Å². The van der Waals surface area contributed by atoms with Crippen LogP contribution in [0.25, 0.3) is 0 Å². The summed E-state index contributed by atoms with van der Waals surface area (Å²) in [7, 11) is 0. The fraction of sp³-hybridized carbons (Fsp3) is 0.571. The first-order chi connectivity index (χ1) is 8.47. The molecule has 1 aliphatic heterocycles. The standard InChI is InChI=1S/C14H20F2N2/c1-4-14(3)9-18(8-7-17-14)13-11(15)6-5-10(2)12(13)16/h5-6,17H,4,7-9H2,1-3H3. The average molecular weight is 254 g/mol. The zero-order valence-electron chi connectivity index (χ0n) is 11.2. The Labute approximate surface area is 107 Å². The molecule has 4 heteroatoms. The van der Waals surface area contributed by atoms with Gasteiger partial charge in [-0.05, 0) is 31.9 Å². The number of nitrogens with zero attached hydrogens (tertiary/aromatic N) is 1. The van der Waals surface area contributed by atoms with Crippen molar-refractivity contribution in [3.05, 3.63) is 29.3 Å². The Balaban J connectivity index is 2.34. The molecule has 0 aromatic heterocycles. The molecule has 18 heavy (non-hydrogen) atoms. The minimum Gasteiger partial charge on any atom is -0.364 e. The molecule has 0 amide bonds. The van der Waals surface area contributed by atoms with Gasteiger partial charge in [-0.3, -0.25) is 0 Å². The largest absolute Gasteiger partial charge is 0.364 e. The third-order valence-electron chi connectivity index (χ3n) is 3.83. The zero-order valence-corrected chi connectivity index (χ0v) is 11.2. The average Bonchev–Trinajstić information content (AvgIpc) is 2.35. The van der Waals surface area contributed by atoms with Crippen LogP contribution >= 0.6 is 0 Å². The number of hydrogen-bond donors (Lipinski definition) is 1. The molecule has 2 rings (SSSR count). The number of hydrogen-bond acceptors (Lipinski definition) is 2. The summed E-state index contributed by atoms with van der Waals surface area (Å²) in [5.41, 5.74) is 0.528. The maximum atomic E-state index is 14.1. The first kappa shape index (κ1) is 13.3. The number of benzene rings is 1. The van der Waals surface area contributed by atoms with Crippen LogP contribution in [0.1, 0.15) is 25.8 Å². The molecule has 1 aromatic rings. The maximum Gasteiger partial charge on any atom is 0.152 e. The number of nitrogens with one attached hydrogen (secondary N) is 1. The first-order valence-electron chi connectivity index (χ1n) is 6.41. The van der Waals surface area contributed by atoms with E-state index in [0.29, 0.717) is 18.7 Å². The fourth-order valence-corrected chi connectivity index (χ4v) is 2.41. The van der Waals surface area contributed by atoms with E-state index in [4.69, 9.17) is 0 Å². The molecule has 1 aliphatic rings. The molecule has 1 unspecified atom stereocenters. The van der Waals surface area contributed by atoms with Gasteiger partial charge in [0, 0.05) is 25.2 Å². The van der Waals surface area contributed by atoms with Crippen molar-refractivity contribution in [2.24, 2.45) is 0 Å². The van der Waals surface area contributed by atoms with Gasteiger partial charge in [-0.25, -0.2) is 8.78 Å². The van der Waals surface area contributed by atoms with Crippen molar-refractivity contribution in [3.8, 4) is 0 Å². The summed E-state index contributed by atoms with van der Waals surface area (Å²) in [4.78, 5) is 1.82. The number of anilines is 1. The van der Waals surface area contributed by atoms with E-state index in [1.807, 2.05) is 4.90 Å². The quantitative estimate of drug-likeness (QED) is 0.873. The number of rotatable bonds is 2. The summed E-state index contributed by atoms with van der Waals surface area (Å²) >= 11 is 0. The highest BCUT2D eigenvalue weighted by molar-refractivity contribution is 5.52. The highest BCUT2D eigenvalue weighted by atomic mass is 19.1. The van der Waals surface area contributed by atoms with Gasteiger partial charge in [0.2, 0.25) is 0 Å². The summed E-state index contributed by atoms with van der Waals surface area (Å²) < 4.78 is 28.0. The van der Waals surface area contributed by atoms with Crippen LogP contribution < -0.4 is 10.2 Å². The molecule has 1 atom stereocenters. The molecule has 1 saturated heterocycles. The minimum absolute atomic E-state index is 0.0825. The molecule has 1 fully saturated rings. The van der Waals surface area contributed by atoms with Crippen LogP contribution in [0.5, 0.6) is 0 Å². The molecule has 1 aromatic carbocycles. The molecule has 0 spiro atoms. The Morgan fingerprint density at radius 1 is 1.39 bits per heavy atom. The van der Waals surface area contributed by atoms with E-state index >= 15 is 0 Å². The molecule has 1 N–H and O–H groups in total. The highest BCUT2D eigenvalue weighted by Gasteiger charge is 2.31. The molecule has 2 nitrogen and oxygen atoms in total. The van der Waals surface area contributed by atoms with Crippen molar-refractivity contribution in [2.45, 2.75) is 32.7 Å². The highest BCUT2D eigenvalue weighted by Crippen LogP contribution is 2.29. The van der Waals surface area contributed by atoms with Gasteiger partial charge < -0.3 is 10.2 Å². The lowest BCUT2D eigenvalue weighted by Gasteiger charge is -2.42. The van der Waals surface area contributed by atoms with Gasteiger partial charge in [0.1, 0.15) is 11.5 Å². The monoisotopic (exact) mass is 254 g/mol. The minimum atomic E-state index is -0.474. The lowest BCUT2D eigenvalue weighted by molar-refractivity contribution is 0.311. The summed E-state index contributed by atoms with van der Waals surface area (Å²) in [6.07, 6.45) is 0.929. The normalized spacial score (nSPS) is 24.4. The van der Waals surface area contributed by atoms with Crippen molar-refractivity contribution < 1.29 is 8.78 Å². The second kappa shape index (κ2) is 4.84. The third-order valence-corrected chi connectivity index (χ3v) is 3.83. The topological polar surface area (TPSA) is 15.3 Å². The summed E-state index contributed by atoms with van der Waals surface area (Å²) in [6, 6.07) is 2.83. The lowest BCUT2D eigenvalue weighted by atomic mass is 9.95. The van der Waals surface area contributed by atoms with Crippen LogP contribution in [-0.2, 0) is 0 Å². The van der Waals surface area contributed by atoms with Crippen LogP contribution in [0.3, 0.4) is 0 Å². The Bertz CT molecular complexity index is 448. The smallest absolute Gasteiger partial charge is 0.152 e. The van der Waals surface area contributed by atoms with Gasteiger partial charge in [0.05, 0.1) is 0 Å². The van der Waals surface area contributed by atoms with Crippen LogP contribution in [0.4, 0.5) is 14.5 Å². The Hall–Kier alpha value is -1.16. The second-order valence-electron chi connectivity index (χ2n) is 5.29. The summed E-state index contributed by atoms with van der Waals surface area (Å²) in [5.74, 6) is -0.909. The van der Waals surface area contributed by atoms with Crippen molar-refractivity contribution in [2.75, 3.05) is 24.5 Å². The Morgan fingerprint density at radius 2 is 2.11 bits per heavy atom. The number of halogens is 2. The zero-order chi connectivity index (χ0) is 13.3. The Morgan fingerprint density at radius 3 is 2.78 bits per heavy atom. The van der Waals surface area contributed by atoms with E-state index < -0.39 is 11.6 Å². The van der Waals surface area contributed by atoms with Crippen molar-refractivity contribution >= 4 is 5.69 Å². The molecule has 0 saturated carbocycles. The van der Waals surface area contributed by atoms with Gasteiger partial charge in [-0.1, -0.05) is 13.0 Å². The Kier molecular flexibility index (Phi) is 3.57. The SMILES string of the molecule is CCC1(C)CN(c2c(F)ccc(C)c2F)CCN1. The lowest BCUT2D eigenvalue weighted by Crippen LogP contribution is -2.58. The van der Waals surface area contributed by atoms with Crippen molar-refractivity contribution in [3.63, 3.8) is 0 Å². The van der Waals surface area contributed by atoms with E-state index in [-0.39, 0.29) is 11.2 Å². The van der Waals surface area contributed by atoms with Crippen LogP contribution in [0.2, 0.25) is 0 Å². The number of piperazine rings is 1. The fourth-order valence-electron chi connectivity index (χ4n) is 2.41. The van der Waals surface area contributed by atoms with E-state index in [1.54, 1.807) is 6.92 Å². The summed E-state index contributed by atoms with van der Waals surface area (Å²) in [6.45, 7) is 7.84. The van der Waals surface area contributed by atoms with Crippen LogP contribution in [0, 0.1) is 18.6 Å². The van der Waals surface area contributed by atoms with Crippen molar-refractivity contribution in [1.29, 1.82) is 0 Å². The van der Waals surface area contributed by atoms with Gasteiger partial charge >= 0.3 is 0 Å². The van der Waals surface area contributed by atoms with E-state index in [2.05, 4.69) is 19.2 Å². The first-order valence-corrected chi connectivity index (χ1v) is 6.41.